The van der Waals surface area contributed by atoms with Gasteiger partial charge in [0.1, 0.15) is 11.3 Å². The molecule has 3 heterocycles. The molecule has 0 unspecified atom stereocenters. The summed E-state index contributed by atoms with van der Waals surface area (Å²) < 4.78 is 1.98. The summed E-state index contributed by atoms with van der Waals surface area (Å²) in [6.45, 7) is 0. The average Bonchev–Trinajstić information content (AvgIpc) is 2.86. The summed E-state index contributed by atoms with van der Waals surface area (Å²) in [5.74, 6) is 0. The van der Waals surface area contributed by atoms with Crippen molar-refractivity contribution in [3.63, 3.8) is 0 Å². The molecule has 0 aliphatic rings. The van der Waals surface area contributed by atoms with Crippen LogP contribution in [0, 0.1) is 0 Å². The molecule has 0 bridgehead atoms. The third-order valence-electron chi connectivity index (χ3n) is 2.14. The molecule has 0 aliphatic heterocycles. The molecule has 0 aliphatic carbocycles. The fourth-order valence-corrected chi connectivity index (χ4v) is 1.46. The molecular weight excluding hydrogens is 176 g/mol. The van der Waals surface area contributed by atoms with Gasteiger partial charge in [-0.2, -0.15) is 0 Å². The van der Waals surface area contributed by atoms with Gasteiger partial charge in [0.2, 0.25) is 0 Å². The van der Waals surface area contributed by atoms with Gasteiger partial charge < -0.3 is 9.38 Å². The summed E-state index contributed by atoms with van der Waals surface area (Å²) >= 11 is 0. The molecule has 3 aromatic heterocycles. The zero-order valence-corrected chi connectivity index (χ0v) is 7.38. The summed E-state index contributed by atoms with van der Waals surface area (Å²) in [7, 11) is 0. The molecule has 1 N–H and O–H groups in total. The minimum absolute atomic E-state index is 0.911. The number of pyridine rings is 1. The molecular formula is C10H8N4. The van der Waals surface area contributed by atoms with Crippen LogP contribution in [0.15, 0.2) is 43.1 Å². The van der Waals surface area contributed by atoms with Crippen molar-refractivity contribution in [2.24, 2.45) is 0 Å². The molecule has 0 radical (unpaired) electrons. The molecule has 0 aromatic carbocycles. The van der Waals surface area contributed by atoms with Gasteiger partial charge in [0, 0.05) is 12.4 Å². The molecule has 0 fully saturated rings. The summed E-state index contributed by atoms with van der Waals surface area (Å²) in [6.07, 6.45) is 7.37. The van der Waals surface area contributed by atoms with Crippen LogP contribution in [0.4, 0.5) is 0 Å². The summed E-state index contributed by atoms with van der Waals surface area (Å²) in [5, 5.41) is 0. The highest BCUT2D eigenvalue weighted by molar-refractivity contribution is 5.57. The normalized spacial score (nSPS) is 10.9. The zero-order chi connectivity index (χ0) is 9.38. The minimum atomic E-state index is 0.911. The Bertz CT molecular complexity index is 517. The molecule has 3 aromatic rings. The Hall–Kier alpha value is -2.10. The first-order valence-electron chi connectivity index (χ1n) is 4.36. The summed E-state index contributed by atoms with van der Waals surface area (Å²) in [4.78, 5) is 11.4. The number of hydrogen-bond acceptors (Lipinski definition) is 2. The molecule has 0 atom stereocenters. The standard InChI is InChI=1S/C10H8N4/c1-2-4-14-6-9(13-10(14)3-1)8-5-11-7-12-8/h1-7H,(H,11,12). The highest BCUT2D eigenvalue weighted by Crippen LogP contribution is 2.15. The van der Waals surface area contributed by atoms with Crippen LogP contribution >= 0.6 is 0 Å². The van der Waals surface area contributed by atoms with E-state index in [1.54, 1.807) is 12.5 Å². The van der Waals surface area contributed by atoms with Crippen LogP contribution < -0.4 is 0 Å². The predicted octanol–water partition coefficient (Wildman–Crippen LogP) is 1.72. The molecule has 3 rings (SSSR count). The Morgan fingerprint density at radius 3 is 3.07 bits per heavy atom. The van der Waals surface area contributed by atoms with Gasteiger partial charge in [-0.05, 0) is 12.1 Å². The van der Waals surface area contributed by atoms with Crippen molar-refractivity contribution in [2.75, 3.05) is 0 Å². The quantitative estimate of drug-likeness (QED) is 0.626. The number of H-pyrrole nitrogens is 1. The van der Waals surface area contributed by atoms with E-state index in [-0.39, 0.29) is 0 Å². The maximum Gasteiger partial charge on any atom is 0.137 e. The van der Waals surface area contributed by atoms with Gasteiger partial charge in [-0.25, -0.2) is 9.97 Å². The first-order chi connectivity index (χ1) is 6.93. The van der Waals surface area contributed by atoms with Crippen molar-refractivity contribution in [3.8, 4) is 11.4 Å². The van der Waals surface area contributed by atoms with Gasteiger partial charge in [0.05, 0.1) is 18.2 Å². The van der Waals surface area contributed by atoms with E-state index in [2.05, 4.69) is 15.0 Å². The van der Waals surface area contributed by atoms with Gasteiger partial charge in [-0.3, -0.25) is 0 Å². The Balaban J connectivity index is 2.24. The molecule has 0 saturated heterocycles. The van der Waals surface area contributed by atoms with Crippen molar-refractivity contribution < 1.29 is 0 Å². The van der Waals surface area contributed by atoms with Gasteiger partial charge in [0.25, 0.3) is 0 Å². The van der Waals surface area contributed by atoms with Crippen molar-refractivity contribution in [1.82, 2.24) is 19.4 Å². The number of aromatic nitrogens is 4. The van der Waals surface area contributed by atoms with E-state index < -0.39 is 0 Å². The molecule has 0 saturated carbocycles. The molecule has 0 amide bonds. The van der Waals surface area contributed by atoms with Gasteiger partial charge in [0.15, 0.2) is 0 Å². The maximum absolute atomic E-state index is 4.45. The van der Waals surface area contributed by atoms with E-state index in [1.165, 1.54) is 0 Å². The van der Waals surface area contributed by atoms with Gasteiger partial charge >= 0.3 is 0 Å². The van der Waals surface area contributed by atoms with Crippen molar-refractivity contribution in [3.05, 3.63) is 43.1 Å². The van der Waals surface area contributed by atoms with Crippen LogP contribution in [0.2, 0.25) is 0 Å². The Labute approximate surface area is 80.3 Å². The molecule has 14 heavy (non-hydrogen) atoms. The third-order valence-corrected chi connectivity index (χ3v) is 2.14. The lowest BCUT2D eigenvalue weighted by Crippen LogP contribution is -1.77. The second kappa shape index (κ2) is 2.70. The van der Waals surface area contributed by atoms with Gasteiger partial charge in [-0.15, -0.1) is 0 Å². The smallest absolute Gasteiger partial charge is 0.137 e. The number of nitrogens with one attached hydrogen (secondary N) is 1. The highest BCUT2D eigenvalue weighted by atomic mass is 15.0. The lowest BCUT2D eigenvalue weighted by molar-refractivity contribution is 1.19. The van der Waals surface area contributed by atoms with Crippen LogP contribution in [0.3, 0.4) is 0 Å². The predicted molar refractivity (Wildman–Crippen MR) is 52.8 cm³/mol. The molecule has 4 nitrogen and oxygen atoms in total. The number of aromatic amines is 1. The van der Waals surface area contributed by atoms with Crippen LogP contribution in [0.25, 0.3) is 17.0 Å². The van der Waals surface area contributed by atoms with Gasteiger partial charge in [-0.1, -0.05) is 6.07 Å². The lowest BCUT2D eigenvalue weighted by atomic mass is 10.4. The van der Waals surface area contributed by atoms with E-state index in [4.69, 9.17) is 0 Å². The fourth-order valence-electron chi connectivity index (χ4n) is 1.46. The number of rotatable bonds is 1. The van der Waals surface area contributed by atoms with Crippen LogP contribution in [0.5, 0.6) is 0 Å². The second-order valence-corrected chi connectivity index (χ2v) is 3.06. The van der Waals surface area contributed by atoms with Crippen molar-refractivity contribution >= 4 is 5.65 Å². The first kappa shape index (κ1) is 7.32. The fraction of sp³-hybridized carbons (Fsp3) is 0. The lowest BCUT2D eigenvalue weighted by Gasteiger charge is -1.86. The topological polar surface area (TPSA) is 46.0 Å². The molecule has 0 spiro atoms. The molecule has 4 heteroatoms. The highest BCUT2D eigenvalue weighted by Gasteiger charge is 2.03. The first-order valence-corrected chi connectivity index (χ1v) is 4.36. The summed E-state index contributed by atoms with van der Waals surface area (Å²) in [6, 6.07) is 5.92. The zero-order valence-electron chi connectivity index (χ0n) is 7.38. The minimum Gasteiger partial charge on any atom is -0.343 e. The Kier molecular flexibility index (Phi) is 1.41. The number of hydrogen-bond donors (Lipinski definition) is 1. The van der Waals surface area contributed by atoms with E-state index >= 15 is 0 Å². The largest absolute Gasteiger partial charge is 0.343 e. The van der Waals surface area contributed by atoms with E-state index in [9.17, 15) is 0 Å². The van der Waals surface area contributed by atoms with Crippen molar-refractivity contribution in [1.29, 1.82) is 0 Å². The Morgan fingerprint density at radius 2 is 2.29 bits per heavy atom. The number of imidazole rings is 2. The van der Waals surface area contributed by atoms with E-state index in [0.717, 1.165) is 17.0 Å². The average molecular weight is 184 g/mol. The van der Waals surface area contributed by atoms with E-state index in [1.807, 2.05) is 35.0 Å². The molecule has 68 valence electrons. The van der Waals surface area contributed by atoms with Crippen LogP contribution in [-0.4, -0.2) is 19.4 Å². The van der Waals surface area contributed by atoms with Crippen molar-refractivity contribution in [2.45, 2.75) is 0 Å². The SMILES string of the molecule is c1ccn2cc(-c3cnc[nH]3)nc2c1. The second-order valence-electron chi connectivity index (χ2n) is 3.06. The summed E-state index contributed by atoms with van der Waals surface area (Å²) in [5.41, 5.74) is 2.79. The van der Waals surface area contributed by atoms with E-state index in [0.29, 0.717) is 0 Å². The maximum atomic E-state index is 4.45. The van der Waals surface area contributed by atoms with Crippen LogP contribution in [-0.2, 0) is 0 Å². The monoisotopic (exact) mass is 184 g/mol. The Morgan fingerprint density at radius 1 is 1.29 bits per heavy atom. The van der Waals surface area contributed by atoms with Crippen LogP contribution in [0.1, 0.15) is 0 Å². The third kappa shape index (κ3) is 1.01. The number of fused-ring (bicyclic) bond motifs is 1. The number of nitrogens with zero attached hydrogens (tertiary/aromatic N) is 3.